The highest BCUT2D eigenvalue weighted by atomic mass is 16.7. The smallest absolute Gasteiger partial charge is 0.504 e. The number of aromatic hydroxyl groups is 1. The zero-order valence-electron chi connectivity index (χ0n) is 9.89. The predicted octanol–water partition coefficient (Wildman–Crippen LogP) is 2.07. The van der Waals surface area contributed by atoms with Crippen LogP contribution in [0.15, 0.2) is 29.1 Å². The number of carbonyl (C=O) groups excluding carboxylic acids is 1. The molecular formula is C12H14O5. The molecule has 0 unspecified atom stereocenters. The van der Waals surface area contributed by atoms with Crippen molar-refractivity contribution in [3.63, 3.8) is 0 Å². The average molecular weight is 238 g/mol. The lowest BCUT2D eigenvalue weighted by Gasteiger charge is -2.18. The van der Waals surface area contributed by atoms with Gasteiger partial charge in [-0.25, -0.2) is 4.79 Å². The molecule has 1 rings (SSSR count). The highest BCUT2D eigenvalue weighted by Gasteiger charge is 2.18. The van der Waals surface area contributed by atoms with Crippen LogP contribution in [0.5, 0.6) is 11.5 Å². The first kappa shape index (κ1) is 13.0. The van der Waals surface area contributed by atoms with E-state index in [1.54, 1.807) is 20.8 Å². The number of ether oxygens (including phenoxy) is 2. The molecule has 17 heavy (non-hydrogen) atoms. The molecule has 1 aromatic rings. The highest BCUT2D eigenvalue weighted by Crippen LogP contribution is 2.23. The third-order valence-corrected chi connectivity index (χ3v) is 1.64. The zero-order chi connectivity index (χ0) is 13.1. The molecule has 0 aliphatic rings. The first-order valence-electron chi connectivity index (χ1n) is 5.02. The third kappa shape index (κ3) is 4.55. The van der Waals surface area contributed by atoms with Crippen molar-refractivity contribution in [3.8, 4) is 11.5 Å². The van der Waals surface area contributed by atoms with E-state index in [2.05, 4.69) is 0 Å². The second-order valence-corrected chi connectivity index (χ2v) is 4.39. The van der Waals surface area contributed by atoms with Gasteiger partial charge in [0, 0.05) is 0 Å². The Morgan fingerprint density at radius 3 is 2.35 bits per heavy atom. The molecule has 0 spiro atoms. The number of hydrogen-bond donors (Lipinski definition) is 1. The van der Waals surface area contributed by atoms with Crippen molar-refractivity contribution in [2.24, 2.45) is 0 Å². The Balaban J connectivity index is 2.86. The van der Waals surface area contributed by atoms with E-state index in [1.165, 1.54) is 12.1 Å². The summed E-state index contributed by atoms with van der Waals surface area (Å²) in [6, 6.07) is 4.71. The summed E-state index contributed by atoms with van der Waals surface area (Å²) >= 11 is 0. The van der Waals surface area contributed by atoms with Crippen LogP contribution in [0.1, 0.15) is 20.8 Å². The van der Waals surface area contributed by atoms with Crippen LogP contribution < -0.4 is 10.2 Å². The molecule has 0 aromatic heterocycles. The van der Waals surface area contributed by atoms with Crippen LogP contribution in [-0.2, 0) is 4.74 Å². The second kappa shape index (κ2) is 4.86. The maximum atomic E-state index is 11.3. The number of carbonyl (C=O) groups is 1. The summed E-state index contributed by atoms with van der Waals surface area (Å²) in [5.74, 6) is -0.431. The Hall–Kier alpha value is -2.04. The van der Waals surface area contributed by atoms with E-state index in [9.17, 15) is 14.7 Å². The molecule has 0 radical (unpaired) electrons. The van der Waals surface area contributed by atoms with Gasteiger partial charge in [0.15, 0.2) is 16.9 Å². The van der Waals surface area contributed by atoms with Gasteiger partial charge in [0.05, 0.1) is 0 Å². The van der Waals surface area contributed by atoms with Crippen LogP contribution in [0, 0.1) is 0 Å². The van der Waals surface area contributed by atoms with E-state index in [0.717, 1.165) is 12.1 Å². The first-order chi connectivity index (χ1) is 7.78. The minimum Gasteiger partial charge on any atom is -0.504 e. The van der Waals surface area contributed by atoms with Crippen LogP contribution in [-0.4, -0.2) is 16.9 Å². The van der Waals surface area contributed by atoms with Gasteiger partial charge in [0.1, 0.15) is 5.60 Å². The summed E-state index contributed by atoms with van der Waals surface area (Å²) in [5.41, 5.74) is -0.993. The lowest BCUT2D eigenvalue weighted by atomic mass is 10.2. The predicted molar refractivity (Wildman–Crippen MR) is 61.2 cm³/mol. The second-order valence-electron chi connectivity index (χ2n) is 4.39. The average Bonchev–Trinajstić information content (AvgIpc) is 2.30. The monoisotopic (exact) mass is 238 g/mol. The van der Waals surface area contributed by atoms with Crippen molar-refractivity contribution in [1.29, 1.82) is 0 Å². The molecule has 0 bridgehead atoms. The normalized spacial score (nSPS) is 10.8. The molecule has 5 heteroatoms. The van der Waals surface area contributed by atoms with E-state index in [4.69, 9.17) is 9.47 Å². The Morgan fingerprint density at radius 1 is 1.18 bits per heavy atom. The Morgan fingerprint density at radius 2 is 1.76 bits per heavy atom. The summed E-state index contributed by atoms with van der Waals surface area (Å²) in [5, 5.41) is 9.47. The molecule has 92 valence electrons. The van der Waals surface area contributed by atoms with Crippen LogP contribution in [0.4, 0.5) is 4.79 Å². The standard InChI is InChI=1S/C12H14O5/c1-12(2,3)17-11(15)16-10-7-5-8(13)4-6-9(10)14/h4-7,14H,1-3H3. The van der Waals surface area contributed by atoms with E-state index in [-0.39, 0.29) is 16.9 Å². The van der Waals surface area contributed by atoms with E-state index >= 15 is 0 Å². The summed E-state index contributed by atoms with van der Waals surface area (Å²) in [6.07, 6.45) is -0.938. The molecule has 0 fully saturated rings. The van der Waals surface area contributed by atoms with Crippen molar-refractivity contribution < 1.29 is 19.4 Å². The van der Waals surface area contributed by atoms with E-state index in [0.29, 0.717) is 0 Å². The SMILES string of the molecule is CC(C)(C)OC(=O)Oc1ccc(=O)ccc1O. The molecule has 5 nitrogen and oxygen atoms in total. The maximum absolute atomic E-state index is 11.3. The molecule has 0 saturated heterocycles. The van der Waals surface area contributed by atoms with Crippen molar-refractivity contribution in [2.45, 2.75) is 26.4 Å². The molecule has 0 aliphatic heterocycles. The fourth-order valence-electron chi connectivity index (χ4n) is 0.989. The summed E-state index contributed by atoms with van der Waals surface area (Å²) in [7, 11) is 0. The third-order valence-electron chi connectivity index (χ3n) is 1.64. The van der Waals surface area contributed by atoms with Gasteiger partial charge in [0.2, 0.25) is 0 Å². The van der Waals surface area contributed by atoms with Gasteiger partial charge in [-0.3, -0.25) is 4.79 Å². The fraction of sp³-hybridized carbons (Fsp3) is 0.333. The minimum atomic E-state index is -0.938. The fourth-order valence-corrected chi connectivity index (χ4v) is 0.989. The Kier molecular flexibility index (Phi) is 3.73. The van der Waals surface area contributed by atoms with Crippen LogP contribution in [0.3, 0.4) is 0 Å². The van der Waals surface area contributed by atoms with Gasteiger partial charge in [0.25, 0.3) is 0 Å². The minimum absolute atomic E-state index is 0.124. The lowest BCUT2D eigenvalue weighted by molar-refractivity contribution is 0.0201. The molecule has 0 heterocycles. The quantitative estimate of drug-likeness (QED) is 0.758. The largest absolute Gasteiger partial charge is 0.514 e. The molecule has 0 aliphatic carbocycles. The van der Waals surface area contributed by atoms with Crippen LogP contribution in [0.2, 0.25) is 0 Å². The molecule has 0 amide bonds. The molecular weight excluding hydrogens is 224 g/mol. The van der Waals surface area contributed by atoms with Crippen molar-refractivity contribution in [3.05, 3.63) is 34.5 Å². The van der Waals surface area contributed by atoms with Crippen molar-refractivity contribution in [1.82, 2.24) is 0 Å². The van der Waals surface area contributed by atoms with Gasteiger partial charge in [-0.15, -0.1) is 0 Å². The molecule has 0 saturated carbocycles. The van der Waals surface area contributed by atoms with Crippen molar-refractivity contribution >= 4 is 6.16 Å². The van der Waals surface area contributed by atoms with Gasteiger partial charge in [-0.1, -0.05) is 0 Å². The number of rotatable bonds is 1. The van der Waals surface area contributed by atoms with E-state index < -0.39 is 11.8 Å². The summed E-state index contributed by atoms with van der Waals surface area (Å²) < 4.78 is 9.69. The molecule has 1 N–H and O–H groups in total. The Bertz CT molecular complexity index is 473. The van der Waals surface area contributed by atoms with Gasteiger partial charge >= 0.3 is 6.16 Å². The van der Waals surface area contributed by atoms with Gasteiger partial charge in [-0.2, -0.15) is 0 Å². The summed E-state index contributed by atoms with van der Waals surface area (Å²) in [4.78, 5) is 22.3. The topological polar surface area (TPSA) is 72.8 Å². The maximum Gasteiger partial charge on any atom is 0.514 e. The van der Waals surface area contributed by atoms with E-state index in [1.807, 2.05) is 0 Å². The Labute approximate surface area is 98.6 Å². The number of hydrogen-bond acceptors (Lipinski definition) is 5. The van der Waals surface area contributed by atoms with Gasteiger partial charge < -0.3 is 14.6 Å². The molecule has 0 atom stereocenters. The van der Waals surface area contributed by atoms with Crippen LogP contribution in [0.25, 0.3) is 0 Å². The van der Waals surface area contributed by atoms with Crippen LogP contribution >= 0.6 is 0 Å². The van der Waals surface area contributed by atoms with Crippen molar-refractivity contribution in [2.75, 3.05) is 0 Å². The molecule has 1 aromatic carbocycles. The highest BCUT2D eigenvalue weighted by molar-refractivity contribution is 5.65. The zero-order valence-corrected chi connectivity index (χ0v) is 9.89. The summed E-state index contributed by atoms with van der Waals surface area (Å²) in [6.45, 7) is 5.07. The lowest BCUT2D eigenvalue weighted by Crippen LogP contribution is -2.25. The van der Waals surface area contributed by atoms with Gasteiger partial charge in [-0.05, 0) is 45.0 Å². The first-order valence-corrected chi connectivity index (χ1v) is 5.02.